The Kier molecular flexibility index (Phi) is 5.36. The van der Waals surface area contributed by atoms with E-state index in [0.717, 1.165) is 29.1 Å². The van der Waals surface area contributed by atoms with Crippen molar-refractivity contribution < 1.29 is 14.7 Å². The Hall–Kier alpha value is -3.60. The number of nitrogens with one attached hydrogen (secondary N) is 2. The minimum Gasteiger partial charge on any atom is -0.478 e. The molecular formula is C30H30N2O3. The molecule has 0 saturated heterocycles. The molecule has 0 aromatic heterocycles. The molecule has 3 aromatic carbocycles. The van der Waals surface area contributed by atoms with Crippen molar-refractivity contribution in [1.29, 1.82) is 0 Å². The van der Waals surface area contributed by atoms with Crippen LogP contribution in [0.15, 0.2) is 72.8 Å². The molecule has 4 fully saturated rings. The number of carbonyl (C=O) groups excluding carboxylic acids is 1. The van der Waals surface area contributed by atoms with E-state index in [9.17, 15) is 14.7 Å². The number of benzene rings is 3. The molecule has 1 amide bonds. The number of hydrogen-bond acceptors (Lipinski definition) is 3. The third-order valence-electron chi connectivity index (χ3n) is 8.38. The maximum Gasteiger partial charge on any atom is 0.337 e. The van der Waals surface area contributed by atoms with Gasteiger partial charge in [0.15, 0.2) is 0 Å². The van der Waals surface area contributed by atoms with Crippen LogP contribution in [0.1, 0.15) is 64.8 Å². The summed E-state index contributed by atoms with van der Waals surface area (Å²) < 4.78 is 0. The fourth-order valence-electron chi connectivity index (χ4n) is 7.21. The summed E-state index contributed by atoms with van der Waals surface area (Å²) in [6, 6.07) is 22.4. The van der Waals surface area contributed by atoms with Crippen molar-refractivity contribution in [3.8, 4) is 0 Å². The molecule has 0 aliphatic heterocycles. The third-order valence-corrected chi connectivity index (χ3v) is 8.38. The van der Waals surface area contributed by atoms with Crippen LogP contribution in [0, 0.1) is 17.8 Å². The summed E-state index contributed by atoms with van der Waals surface area (Å²) in [6.07, 6.45) is 8.32. The molecule has 0 heterocycles. The number of rotatable bonds is 6. The van der Waals surface area contributed by atoms with E-state index >= 15 is 0 Å². The molecule has 5 nitrogen and oxygen atoms in total. The highest BCUT2D eigenvalue weighted by Gasteiger charge is 2.51. The highest BCUT2D eigenvalue weighted by molar-refractivity contribution is 6.04. The normalized spacial score (nSPS) is 26.3. The maximum atomic E-state index is 12.8. The van der Waals surface area contributed by atoms with Crippen LogP contribution in [0.5, 0.6) is 0 Å². The number of amides is 1. The number of hydrogen-bond donors (Lipinski definition) is 3. The van der Waals surface area contributed by atoms with Gasteiger partial charge < -0.3 is 15.7 Å². The number of anilines is 3. The number of carboxylic acids is 1. The van der Waals surface area contributed by atoms with Gasteiger partial charge in [-0.05, 0) is 116 Å². The molecule has 4 saturated carbocycles. The van der Waals surface area contributed by atoms with Crippen LogP contribution in [-0.2, 0) is 5.41 Å². The summed E-state index contributed by atoms with van der Waals surface area (Å²) in [6.45, 7) is 0. The van der Waals surface area contributed by atoms with Crippen LogP contribution in [0.25, 0.3) is 0 Å². The second kappa shape index (κ2) is 8.56. The molecule has 35 heavy (non-hydrogen) atoms. The van der Waals surface area contributed by atoms with Crippen LogP contribution in [0.3, 0.4) is 0 Å². The molecular weight excluding hydrogens is 436 g/mol. The summed E-state index contributed by atoms with van der Waals surface area (Å²) in [4.78, 5) is 24.2. The summed E-state index contributed by atoms with van der Waals surface area (Å²) >= 11 is 0. The second-order valence-electron chi connectivity index (χ2n) is 10.8. The van der Waals surface area contributed by atoms with Crippen molar-refractivity contribution in [3.05, 3.63) is 89.5 Å². The molecule has 4 aliphatic rings. The molecule has 0 radical (unpaired) electrons. The first-order valence-corrected chi connectivity index (χ1v) is 12.6. The third kappa shape index (κ3) is 4.20. The van der Waals surface area contributed by atoms with Gasteiger partial charge in [0.2, 0.25) is 0 Å². The Morgan fingerprint density at radius 1 is 0.743 bits per heavy atom. The largest absolute Gasteiger partial charge is 0.478 e. The first kappa shape index (κ1) is 21.9. The van der Waals surface area contributed by atoms with Gasteiger partial charge in [-0.3, -0.25) is 4.79 Å². The predicted octanol–water partition coefficient (Wildman–Crippen LogP) is 6.85. The van der Waals surface area contributed by atoms with Gasteiger partial charge in [0.05, 0.1) is 11.3 Å². The molecule has 3 N–H and O–H groups in total. The van der Waals surface area contributed by atoms with Crippen LogP contribution < -0.4 is 10.6 Å². The lowest BCUT2D eigenvalue weighted by Crippen LogP contribution is -2.48. The summed E-state index contributed by atoms with van der Waals surface area (Å²) in [7, 11) is 0. The molecule has 5 heteroatoms. The molecule has 4 bridgehead atoms. The number of carbonyl (C=O) groups is 2. The van der Waals surface area contributed by atoms with Crippen LogP contribution in [0.4, 0.5) is 17.1 Å². The van der Waals surface area contributed by atoms with Gasteiger partial charge in [-0.1, -0.05) is 24.3 Å². The van der Waals surface area contributed by atoms with E-state index in [2.05, 4.69) is 22.8 Å². The Bertz CT molecular complexity index is 1230. The van der Waals surface area contributed by atoms with E-state index in [1.54, 1.807) is 48.5 Å². The maximum absolute atomic E-state index is 12.8. The standard InChI is InChI=1S/C30H30N2O3/c33-28(22-5-9-24(10-6-22)31-27-4-2-1-3-26(27)29(34)35)32-25-11-7-23(8-12-25)30-16-19-13-20(17-30)15-21(14-19)18-30/h1-12,19-21,31H,13-18H2,(H,32,33)(H,34,35). The van der Waals surface area contributed by atoms with Crippen molar-refractivity contribution in [1.82, 2.24) is 0 Å². The highest BCUT2D eigenvalue weighted by atomic mass is 16.4. The molecule has 0 atom stereocenters. The van der Waals surface area contributed by atoms with E-state index in [1.807, 2.05) is 12.1 Å². The number of carboxylic acid groups (broad SMARTS) is 1. The zero-order chi connectivity index (χ0) is 24.0. The highest BCUT2D eigenvalue weighted by Crippen LogP contribution is 2.60. The van der Waals surface area contributed by atoms with Crippen molar-refractivity contribution in [3.63, 3.8) is 0 Å². The second-order valence-corrected chi connectivity index (χ2v) is 10.8. The quantitative estimate of drug-likeness (QED) is 0.371. The summed E-state index contributed by atoms with van der Waals surface area (Å²) in [5.41, 5.74) is 4.59. The van der Waals surface area contributed by atoms with E-state index in [0.29, 0.717) is 16.7 Å². The Morgan fingerprint density at radius 2 is 1.31 bits per heavy atom. The molecule has 0 unspecified atom stereocenters. The minimum absolute atomic E-state index is 0.162. The monoisotopic (exact) mass is 466 g/mol. The first-order valence-electron chi connectivity index (χ1n) is 12.6. The van der Waals surface area contributed by atoms with Crippen molar-refractivity contribution in [2.24, 2.45) is 17.8 Å². The SMILES string of the molecule is O=C(Nc1ccc(C23CC4CC(CC(C4)C2)C3)cc1)c1ccc(Nc2ccccc2C(=O)O)cc1. The number of para-hydroxylation sites is 1. The van der Waals surface area contributed by atoms with E-state index in [4.69, 9.17) is 0 Å². The predicted molar refractivity (Wildman–Crippen MR) is 137 cm³/mol. The lowest BCUT2D eigenvalue weighted by molar-refractivity contribution is -0.00518. The molecule has 178 valence electrons. The van der Waals surface area contributed by atoms with E-state index < -0.39 is 5.97 Å². The van der Waals surface area contributed by atoms with Gasteiger partial charge in [-0.25, -0.2) is 4.79 Å². The molecule has 4 aliphatic carbocycles. The zero-order valence-electron chi connectivity index (χ0n) is 19.7. The summed E-state index contributed by atoms with van der Waals surface area (Å²) in [5.74, 6) is 1.59. The average molecular weight is 467 g/mol. The first-order chi connectivity index (χ1) is 17.0. The van der Waals surface area contributed by atoms with Gasteiger partial charge in [0.25, 0.3) is 5.91 Å². The van der Waals surface area contributed by atoms with Crippen molar-refractivity contribution >= 4 is 28.9 Å². The molecule has 0 spiro atoms. The van der Waals surface area contributed by atoms with Gasteiger partial charge in [0.1, 0.15) is 0 Å². The van der Waals surface area contributed by atoms with E-state index in [-0.39, 0.29) is 11.5 Å². The van der Waals surface area contributed by atoms with Crippen molar-refractivity contribution in [2.45, 2.75) is 43.9 Å². The van der Waals surface area contributed by atoms with Crippen LogP contribution in [-0.4, -0.2) is 17.0 Å². The Balaban J connectivity index is 1.12. The lowest BCUT2D eigenvalue weighted by atomic mass is 9.48. The topological polar surface area (TPSA) is 78.4 Å². The lowest BCUT2D eigenvalue weighted by Gasteiger charge is -2.57. The van der Waals surface area contributed by atoms with E-state index in [1.165, 1.54) is 44.1 Å². The smallest absolute Gasteiger partial charge is 0.337 e. The minimum atomic E-state index is -0.988. The van der Waals surface area contributed by atoms with Gasteiger partial charge in [0, 0.05) is 16.9 Å². The fraction of sp³-hybridized carbons (Fsp3) is 0.333. The van der Waals surface area contributed by atoms with Gasteiger partial charge >= 0.3 is 5.97 Å². The van der Waals surface area contributed by atoms with Crippen LogP contribution >= 0.6 is 0 Å². The number of aromatic carboxylic acids is 1. The zero-order valence-corrected chi connectivity index (χ0v) is 19.7. The van der Waals surface area contributed by atoms with Gasteiger partial charge in [-0.15, -0.1) is 0 Å². The van der Waals surface area contributed by atoms with Crippen LogP contribution in [0.2, 0.25) is 0 Å². The van der Waals surface area contributed by atoms with Gasteiger partial charge in [-0.2, -0.15) is 0 Å². The molecule has 7 rings (SSSR count). The molecule has 3 aromatic rings. The Morgan fingerprint density at radius 3 is 1.91 bits per heavy atom. The average Bonchev–Trinajstić information content (AvgIpc) is 2.84. The Labute approximate surface area is 205 Å². The summed E-state index contributed by atoms with van der Waals surface area (Å²) in [5, 5.41) is 15.5. The fourth-order valence-corrected chi connectivity index (χ4v) is 7.21. The van der Waals surface area contributed by atoms with Crippen molar-refractivity contribution in [2.75, 3.05) is 10.6 Å².